The van der Waals surface area contributed by atoms with Gasteiger partial charge in [0.1, 0.15) is 24.1 Å². The molecular weight excluding hydrogens is 258 g/mol. The predicted octanol–water partition coefficient (Wildman–Crippen LogP) is 0.297. The Morgan fingerprint density at radius 3 is 2.80 bits per heavy atom. The summed E-state index contributed by atoms with van der Waals surface area (Å²) in [6, 6.07) is 1.75. The zero-order valence-corrected chi connectivity index (χ0v) is 11.6. The van der Waals surface area contributed by atoms with Gasteiger partial charge in [0, 0.05) is 45.6 Å². The fourth-order valence-corrected chi connectivity index (χ4v) is 1.80. The van der Waals surface area contributed by atoms with Crippen LogP contribution >= 0.6 is 0 Å². The highest BCUT2D eigenvalue weighted by molar-refractivity contribution is 5.46. The van der Waals surface area contributed by atoms with Crippen molar-refractivity contribution in [3.63, 3.8) is 0 Å². The minimum Gasteiger partial charge on any atom is -0.377 e. The highest BCUT2D eigenvalue weighted by Gasteiger charge is 2.04. The molecule has 2 aromatic heterocycles. The number of imidazole rings is 1. The largest absolute Gasteiger partial charge is 0.377 e. The number of nitrogen functional groups attached to an aromatic ring is 1. The number of methoxy groups -OCH3 is 1. The van der Waals surface area contributed by atoms with E-state index in [1.54, 1.807) is 19.4 Å². The molecule has 2 rings (SSSR count). The number of rotatable bonds is 7. The Morgan fingerprint density at radius 1 is 1.35 bits per heavy atom. The lowest BCUT2D eigenvalue weighted by atomic mass is 10.4. The number of nitrogens with zero attached hydrogens (tertiary/aromatic N) is 4. The van der Waals surface area contributed by atoms with Gasteiger partial charge in [0.15, 0.2) is 5.82 Å². The molecule has 0 spiro atoms. The first-order valence-electron chi connectivity index (χ1n) is 6.26. The van der Waals surface area contributed by atoms with Crippen LogP contribution in [0.4, 0.5) is 11.6 Å². The zero-order valence-electron chi connectivity index (χ0n) is 11.6. The van der Waals surface area contributed by atoms with Crippen molar-refractivity contribution in [2.45, 2.75) is 13.0 Å². The average Bonchev–Trinajstić information content (AvgIpc) is 2.84. The van der Waals surface area contributed by atoms with Crippen molar-refractivity contribution < 1.29 is 4.74 Å². The Balaban J connectivity index is 1.97. The number of hydrogen-bond donors (Lipinski definition) is 3. The van der Waals surface area contributed by atoms with E-state index >= 15 is 0 Å². The summed E-state index contributed by atoms with van der Waals surface area (Å²) >= 11 is 0. The van der Waals surface area contributed by atoms with E-state index in [2.05, 4.69) is 25.7 Å². The summed E-state index contributed by atoms with van der Waals surface area (Å²) in [5, 5.41) is 3.23. The molecule has 4 N–H and O–H groups in total. The van der Waals surface area contributed by atoms with Gasteiger partial charge in [-0.1, -0.05) is 0 Å². The molecule has 0 radical (unpaired) electrons. The van der Waals surface area contributed by atoms with Gasteiger partial charge < -0.3 is 20.0 Å². The lowest BCUT2D eigenvalue weighted by Crippen LogP contribution is -2.14. The first-order valence-corrected chi connectivity index (χ1v) is 6.26. The second kappa shape index (κ2) is 6.83. The lowest BCUT2D eigenvalue weighted by molar-refractivity contribution is 0.178. The van der Waals surface area contributed by atoms with Gasteiger partial charge in [-0.05, 0) is 0 Å². The van der Waals surface area contributed by atoms with Crippen LogP contribution in [0.5, 0.6) is 0 Å². The molecule has 0 aliphatic heterocycles. The summed E-state index contributed by atoms with van der Waals surface area (Å²) in [6.45, 7) is 1.06. The van der Waals surface area contributed by atoms with Crippen molar-refractivity contribution in [3.05, 3.63) is 30.1 Å². The van der Waals surface area contributed by atoms with Crippen LogP contribution < -0.4 is 16.6 Å². The second-order valence-electron chi connectivity index (χ2n) is 4.26. The number of aromatic nitrogens is 4. The Kier molecular flexibility index (Phi) is 4.85. The summed E-state index contributed by atoms with van der Waals surface area (Å²) in [6.07, 6.45) is 4.51. The maximum atomic E-state index is 5.39. The molecule has 20 heavy (non-hydrogen) atoms. The summed E-state index contributed by atoms with van der Waals surface area (Å²) < 4.78 is 7.02. The number of aryl methyl sites for hydroxylation is 1. The van der Waals surface area contributed by atoms with Gasteiger partial charge in [-0.2, -0.15) is 0 Å². The van der Waals surface area contributed by atoms with E-state index in [0.717, 1.165) is 18.8 Å². The summed E-state index contributed by atoms with van der Waals surface area (Å²) in [4.78, 5) is 12.8. The molecule has 0 saturated carbocycles. The van der Waals surface area contributed by atoms with Crippen LogP contribution in [0.25, 0.3) is 0 Å². The van der Waals surface area contributed by atoms with Gasteiger partial charge in [0.05, 0.1) is 0 Å². The van der Waals surface area contributed by atoms with Gasteiger partial charge in [0.25, 0.3) is 0 Å². The number of hydrogen-bond acceptors (Lipinski definition) is 7. The number of hydrazine groups is 1. The van der Waals surface area contributed by atoms with Crippen LogP contribution in [-0.2, 0) is 24.8 Å². The first kappa shape index (κ1) is 14.2. The predicted molar refractivity (Wildman–Crippen MR) is 76.0 cm³/mol. The van der Waals surface area contributed by atoms with E-state index in [9.17, 15) is 0 Å². The van der Waals surface area contributed by atoms with Gasteiger partial charge in [-0.3, -0.25) is 0 Å². The smallest absolute Gasteiger partial charge is 0.158 e. The topological polar surface area (TPSA) is 103 Å². The van der Waals surface area contributed by atoms with Crippen LogP contribution in [0.15, 0.2) is 18.5 Å². The van der Waals surface area contributed by atoms with E-state index in [-0.39, 0.29) is 0 Å². The quantitative estimate of drug-likeness (QED) is 0.494. The van der Waals surface area contributed by atoms with Crippen LogP contribution in [0.1, 0.15) is 11.6 Å². The molecule has 2 heterocycles. The Hall–Kier alpha value is -2.19. The first-order chi connectivity index (χ1) is 9.72. The highest BCUT2D eigenvalue weighted by atomic mass is 16.5. The minimum atomic E-state index is 0.337. The third-order valence-corrected chi connectivity index (χ3v) is 2.77. The number of nitrogens with one attached hydrogen (secondary N) is 2. The Morgan fingerprint density at radius 2 is 2.15 bits per heavy atom. The molecule has 108 valence electrons. The fraction of sp³-hybridized carbons (Fsp3) is 0.417. The van der Waals surface area contributed by atoms with Crippen molar-refractivity contribution in [1.82, 2.24) is 19.5 Å². The SMILES string of the molecule is COCc1nc(NN)cc(NCCc2nccn2C)n1. The minimum absolute atomic E-state index is 0.337. The summed E-state index contributed by atoms with van der Waals surface area (Å²) in [7, 11) is 3.57. The molecule has 0 bridgehead atoms. The van der Waals surface area contributed by atoms with E-state index in [1.165, 1.54) is 0 Å². The standard InChI is InChI=1S/C12H19N7O/c1-19-6-5-15-12(19)3-4-14-9-7-10(18-13)17-11(16-9)8-20-2/h5-7H,3-4,8,13H2,1-2H3,(H2,14,16,17,18). The van der Waals surface area contributed by atoms with Crippen molar-refractivity contribution in [2.24, 2.45) is 12.9 Å². The van der Waals surface area contributed by atoms with E-state index < -0.39 is 0 Å². The van der Waals surface area contributed by atoms with Crippen molar-refractivity contribution in [2.75, 3.05) is 24.4 Å². The van der Waals surface area contributed by atoms with Crippen LogP contribution in [-0.4, -0.2) is 33.2 Å². The van der Waals surface area contributed by atoms with E-state index in [1.807, 2.05) is 17.8 Å². The molecule has 0 aliphatic carbocycles. The third-order valence-electron chi connectivity index (χ3n) is 2.77. The van der Waals surface area contributed by atoms with Gasteiger partial charge in [-0.25, -0.2) is 20.8 Å². The molecule has 0 amide bonds. The van der Waals surface area contributed by atoms with Crippen LogP contribution in [0, 0.1) is 0 Å². The van der Waals surface area contributed by atoms with E-state index in [4.69, 9.17) is 10.6 Å². The van der Waals surface area contributed by atoms with Gasteiger partial charge in [0.2, 0.25) is 0 Å². The molecule has 0 aromatic carbocycles. The monoisotopic (exact) mass is 277 g/mol. The molecular formula is C12H19N7O. The molecule has 8 heteroatoms. The second-order valence-corrected chi connectivity index (χ2v) is 4.26. The van der Waals surface area contributed by atoms with E-state index in [0.29, 0.717) is 24.1 Å². The van der Waals surface area contributed by atoms with Crippen molar-refractivity contribution in [3.8, 4) is 0 Å². The zero-order chi connectivity index (χ0) is 14.4. The Bertz CT molecular complexity index is 554. The number of ether oxygens (including phenoxy) is 1. The fourth-order valence-electron chi connectivity index (χ4n) is 1.80. The van der Waals surface area contributed by atoms with Gasteiger partial charge >= 0.3 is 0 Å². The van der Waals surface area contributed by atoms with Crippen molar-refractivity contribution >= 4 is 11.6 Å². The molecule has 0 atom stereocenters. The summed E-state index contributed by atoms with van der Waals surface area (Å²) in [5.41, 5.74) is 2.52. The normalized spacial score (nSPS) is 10.6. The maximum absolute atomic E-state index is 5.39. The molecule has 0 saturated heterocycles. The lowest BCUT2D eigenvalue weighted by Gasteiger charge is -2.09. The molecule has 0 aliphatic rings. The van der Waals surface area contributed by atoms with Crippen LogP contribution in [0.3, 0.4) is 0 Å². The maximum Gasteiger partial charge on any atom is 0.158 e. The Labute approximate surface area is 117 Å². The van der Waals surface area contributed by atoms with Crippen molar-refractivity contribution in [1.29, 1.82) is 0 Å². The number of nitrogens with two attached hydrogens (primary N) is 1. The summed E-state index contributed by atoms with van der Waals surface area (Å²) in [5.74, 6) is 8.22. The molecule has 2 aromatic rings. The third kappa shape index (κ3) is 3.65. The van der Waals surface area contributed by atoms with Crippen LogP contribution in [0.2, 0.25) is 0 Å². The molecule has 0 fully saturated rings. The number of anilines is 2. The molecule has 0 unspecified atom stereocenters. The highest BCUT2D eigenvalue weighted by Crippen LogP contribution is 2.11. The molecule has 8 nitrogen and oxygen atoms in total. The van der Waals surface area contributed by atoms with Gasteiger partial charge in [-0.15, -0.1) is 0 Å². The average molecular weight is 277 g/mol.